The van der Waals surface area contributed by atoms with Crippen LogP contribution in [0.25, 0.3) is 10.9 Å². The fraction of sp³-hybridized carbons (Fsp3) is 0.435. The van der Waals surface area contributed by atoms with E-state index in [-0.39, 0.29) is 24.7 Å². The maximum absolute atomic E-state index is 12.9. The van der Waals surface area contributed by atoms with Crippen molar-refractivity contribution in [1.82, 2.24) is 19.0 Å². The predicted octanol–water partition coefficient (Wildman–Crippen LogP) is 2.57. The number of ether oxygens (including phenoxy) is 1. The third kappa shape index (κ3) is 4.74. The van der Waals surface area contributed by atoms with E-state index in [1.165, 1.54) is 15.9 Å². The zero-order valence-corrected chi connectivity index (χ0v) is 20.4. The van der Waals surface area contributed by atoms with Crippen LogP contribution in [0.1, 0.15) is 38.3 Å². The molecular formula is C23H27N5O5S. The monoisotopic (exact) mass is 485 g/mol. The number of aromatic nitrogens is 3. The first kappa shape index (κ1) is 23.7. The van der Waals surface area contributed by atoms with Gasteiger partial charge in [-0.05, 0) is 39.8 Å². The van der Waals surface area contributed by atoms with Crippen molar-refractivity contribution in [2.45, 2.75) is 59.4 Å². The van der Waals surface area contributed by atoms with E-state index in [0.717, 1.165) is 15.1 Å². The molecule has 0 saturated heterocycles. The first-order chi connectivity index (χ1) is 16.1. The minimum Gasteiger partial charge on any atom is -0.444 e. The second-order valence-corrected chi connectivity index (χ2v) is 10.1. The molecule has 0 radical (unpaired) electrons. The van der Waals surface area contributed by atoms with E-state index in [1.54, 1.807) is 36.1 Å². The summed E-state index contributed by atoms with van der Waals surface area (Å²) in [5.41, 5.74) is -0.243. The van der Waals surface area contributed by atoms with Gasteiger partial charge >= 0.3 is 11.8 Å². The van der Waals surface area contributed by atoms with Gasteiger partial charge in [0, 0.05) is 24.4 Å². The molecule has 10 nitrogen and oxygen atoms in total. The number of carbonyl (C=O) groups is 2. The van der Waals surface area contributed by atoms with Gasteiger partial charge in [0.2, 0.25) is 5.91 Å². The predicted molar refractivity (Wildman–Crippen MR) is 129 cm³/mol. The average molecular weight is 486 g/mol. The van der Waals surface area contributed by atoms with E-state index in [2.05, 4.69) is 10.3 Å². The molecule has 2 aromatic heterocycles. The molecule has 0 fully saturated rings. The number of anilines is 1. The molecule has 3 aromatic rings. The highest BCUT2D eigenvalue weighted by molar-refractivity contribution is 7.15. The highest BCUT2D eigenvalue weighted by atomic mass is 32.1. The molecule has 0 atom stereocenters. The van der Waals surface area contributed by atoms with Gasteiger partial charge in [-0.2, -0.15) is 0 Å². The molecule has 0 bridgehead atoms. The van der Waals surface area contributed by atoms with Crippen molar-refractivity contribution < 1.29 is 14.3 Å². The Morgan fingerprint density at radius 3 is 2.62 bits per heavy atom. The molecule has 34 heavy (non-hydrogen) atoms. The van der Waals surface area contributed by atoms with Crippen LogP contribution in [0.3, 0.4) is 0 Å². The molecule has 0 spiro atoms. The summed E-state index contributed by atoms with van der Waals surface area (Å²) in [5.74, 6) is -0.427. The number of para-hydroxylation sites is 1. The number of rotatable bonds is 4. The van der Waals surface area contributed by atoms with Crippen molar-refractivity contribution >= 4 is 39.4 Å². The highest BCUT2D eigenvalue weighted by Gasteiger charge is 2.28. The van der Waals surface area contributed by atoms with E-state index < -0.39 is 17.2 Å². The second kappa shape index (κ2) is 9.05. The van der Waals surface area contributed by atoms with Crippen LogP contribution in [-0.2, 0) is 35.6 Å². The molecule has 2 amide bonds. The van der Waals surface area contributed by atoms with Gasteiger partial charge in [0.25, 0.3) is 5.56 Å². The summed E-state index contributed by atoms with van der Waals surface area (Å²) in [5, 5.41) is 3.54. The van der Waals surface area contributed by atoms with Gasteiger partial charge in [-0.3, -0.25) is 18.7 Å². The van der Waals surface area contributed by atoms with Gasteiger partial charge < -0.3 is 15.0 Å². The van der Waals surface area contributed by atoms with Gasteiger partial charge in [-0.15, -0.1) is 0 Å². The van der Waals surface area contributed by atoms with Crippen molar-refractivity contribution in [1.29, 1.82) is 0 Å². The molecule has 0 aliphatic carbocycles. The lowest BCUT2D eigenvalue weighted by Crippen LogP contribution is -2.41. The van der Waals surface area contributed by atoms with Crippen molar-refractivity contribution in [2.24, 2.45) is 0 Å². The number of benzene rings is 1. The number of hydrogen-bond acceptors (Lipinski definition) is 7. The van der Waals surface area contributed by atoms with Gasteiger partial charge in [0.05, 0.1) is 23.1 Å². The maximum atomic E-state index is 12.9. The van der Waals surface area contributed by atoms with Gasteiger partial charge in [0.15, 0.2) is 5.13 Å². The van der Waals surface area contributed by atoms with Crippen LogP contribution in [0.15, 0.2) is 33.9 Å². The smallest absolute Gasteiger partial charge is 0.410 e. The van der Waals surface area contributed by atoms with Gasteiger partial charge in [-0.1, -0.05) is 23.5 Å². The summed E-state index contributed by atoms with van der Waals surface area (Å²) >= 11 is 1.30. The average Bonchev–Trinajstić information content (AvgIpc) is 3.17. The molecule has 0 unspecified atom stereocenters. The van der Waals surface area contributed by atoms with Crippen LogP contribution in [-0.4, -0.2) is 43.2 Å². The first-order valence-electron chi connectivity index (χ1n) is 11.1. The normalized spacial score (nSPS) is 13.6. The Kier molecular flexibility index (Phi) is 6.30. The van der Waals surface area contributed by atoms with Crippen LogP contribution in [0.2, 0.25) is 0 Å². The molecule has 1 aromatic carbocycles. The highest BCUT2D eigenvalue weighted by Crippen LogP contribution is 2.29. The quantitative estimate of drug-likeness (QED) is 0.607. The van der Waals surface area contributed by atoms with E-state index in [0.29, 0.717) is 35.5 Å². The minimum atomic E-state index is -0.577. The van der Waals surface area contributed by atoms with E-state index in [1.807, 2.05) is 20.8 Å². The zero-order valence-electron chi connectivity index (χ0n) is 19.6. The maximum Gasteiger partial charge on any atom is 0.410 e. The van der Waals surface area contributed by atoms with E-state index in [4.69, 9.17) is 4.74 Å². The van der Waals surface area contributed by atoms with Crippen LogP contribution in [0.5, 0.6) is 0 Å². The molecular weight excluding hydrogens is 458 g/mol. The standard InChI is InChI=1S/C23H27N5O5S/c1-5-27-19(30)14-8-6-7-9-16(14)28(21(27)31)13-18(29)25-20-24-15-10-11-26(12-17(15)34-20)22(32)33-23(2,3)4/h6-9H,5,10-13H2,1-4H3,(H,24,25,29). The molecule has 3 heterocycles. The molecule has 11 heteroatoms. The number of nitrogens with zero attached hydrogens (tertiary/aromatic N) is 4. The lowest BCUT2D eigenvalue weighted by Gasteiger charge is -2.29. The van der Waals surface area contributed by atoms with Crippen molar-refractivity contribution in [3.8, 4) is 0 Å². The summed E-state index contributed by atoms with van der Waals surface area (Å²) in [6.45, 7) is 7.97. The number of nitrogens with one attached hydrogen (secondary N) is 1. The van der Waals surface area contributed by atoms with E-state index in [9.17, 15) is 19.2 Å². The third-order valence-corrected chi connectivity index (χ3v) is 6.38. The van der Waals surface area contributed by atoms with Gasteiger partial charge in [0.1, 0.15) is 12.1 Å². The second-order valence-electron chi connectivity index (χ2n) is 9.02. The lowest BCUT2D eigenvalue weighted by atomic mass is 10.2. The third-order valence-electron chi connectivity index (χ3n) is 5.38. The molecule has 1 aliphatic rings. The molecule has 180 valence electrons. The molecule has 4 rings (SSSR count). The molecule has 1 N–H and O–H groups in total. The van der Waals surface area contributed by atoms with Gasteiger partial charge in [-0.25, -0.2) is 14.6 Å². The van der Waals surface area contributed by atoms with Crippen LogP contribution >= 0.6 is 11.3 Å². The summed E-state index contributed by atoms with van der Waals surface area (Å²) in [6, 6.07) is 6.73. The Hall–Kier alpha value is -3.47. The van der Waals surface area contributed by atoms with Crippen molar-refractivity contribution in [3.05, 3.63) is 55.7 Å². The SMILES string of the molecule is CCn1c(=O)c2ccccc2n(CC(=O)Nc2nc3c(s2)CN(C(=O)OC(C)(C)C)CC3)c1=O. The summed E-state index contributed by atoms with van der Waals surface area (Å²) < 4.78 is 7.86. The summed E-state index contributed by atoms with van der Waals surface area (Å²) in [4.78, 5) is 57.7. The van der Waals surface area contributed by atoms with Crippen LogP contribution in [0, 0.1) is 0 Å². The number of hydrogen-bond donors (Lipinski definition) is 1. The molecule has 1 aliphatic heterocycles. The fourth-order valence-corrected chi connectivity index (χ4v) is 4.88. The van der Waals surface area contributed by atoms with Crippen molar-refractivity contribution in [3.63, 3.8) is 0 Å². The van der Waals surface area contributed by atoms with Crippen LogP contribution < -0.4 is 16.6 Å². The van der Waals surface area contributed by atoms with Crippen molar-refractivity contribution in [2.75, 3.05) is 11.9 Å². The molecule has 0 saturated carbocycles. The Balaban J connectivity index is 1.52. The minimum absolute atomic E-state index is 0.206. The Labute approximate surface area is 199 Å². The van der Waals surface area contributed by atoms with E-state index >= 15 is 0 Å². The number of thiazole rings is 1. The summed E-state index contributed by atoms with van der Waals surface area (Å²) in [6.07, 6.45) is 0.182. The van der Waals surface area contributed by atoms with Crippen LogP contribution in [0.4, 0.5) is 9.93 Å². The first-order valence-corrected chi connectivity index (χ1v) is 11.9. The Morgan fingerprint density at radius 2 is 1.91 bits per heavy atom. The lowest BCUT2D eigenvalue weighted by molar-refractivity contribution is -0.116. The number of fused-ring (bicyclic) bond motifs is 2. The Bertz CT molecular complexity index is 1380. The zero-order chi connectivity index (χ0) is 24.6. The number of amides is 2. The Morgan fingerprint density at radius 1 is 1.18 bits per heavy atom. The largest absolute Gasteiger partial charge is 0.444 e. The fourth-order valence-electron chi connectivity index (χ4n) is 3.84. The number of carbonyl (C=O) groups excluding carboxylic acids is 2. The topological polar surface area (TPSA) is 116 Å². The summed E-state index contributed by atoms with van der Waals surface area (Å²) in [7, 11) is 0.